The molecule has 7 nitrogen and oxygen atoms in total. The molecular formula is C26H31N3O4S. The van der Waals surface area contributed by atoms with Gasteiger partial charge in [-0.1, -0.05) is 12.1 Å². The third kappa shape index (κ3) is 4.36. The van der Waals surface area contributed by atoms with Gasteiger partial charge in [-0.25, -0.2) is 8.42 Å². The molecule has 2 amide bonds. The van der Waals surface area contributed by atoms with Crippen LogP contribution in [0.4, 0.5) is 11.4 Å². The highest BCUT2D eigenvalue weighted by molar-refractivity contribution is 7.89. The number of rotatable bonds is 5. The van der Waals surface area contributed by atoms with Crippen molar-refractivity contribution < 1.29 is 18.0 Å². The first-order valence-electron chi connectivity index (χ1n) is 12.1. The summed E-state index contributed by atoms with van der Waals surface area (Å²) in [6.45, 7) is 4.54. The Bertz CT molecular complexity index is 1240. The minimum absolute atomic E-state index is 0.0331. The first-order valence-corrected chi connectivity index (χ1v) is 13.5. The number of sulfonamides is 1. The van der Waals surface area contributed by atoms with Gasteiger partial charge < -0.3 is 10.2 Å². The molecule has 0 unspecified atom stereocenters. The van der Waals surface area contributed by atoms with Gasteiger partial charge in [0.1, 0.15) is 0 Å². The fourth-order valence-corrected chi connectivity index (χ4v) is 6.70. The van der Waals surface area contributed by atoms with Crippen molar-refractivity contribution in [3.05, 3.63) is 53.6 Å². The number of hydrogen-bond donors (Lipinski definition) is 1. The second kappa shape index (κ2) is 8.82. The third-order valence-corrected chi connectivity index (χ3v) is 8.97. The van der Waals surface area contributed by atoms with Gasteiger partial charge >= 0.3 is 0 Å². The lowest BCUT2D eigenvalue weighted by molar-refractivity contribution is -0.121. The van der Waals surface area contributed by atoms with Crippen molar-refractivity contribution in [2.75, 3.05) is 23.3 Å². The number of fused-ring (bicyclic) bond motifs is 1. The molecule has 34 heavy (non-hydrogen) atoms. The van der Waals surface area contributed by atoms with Gasteiger partial charge in [-0.2, -0.15) is 4.31 Å². The number of piperidine rings is 1. The molecular weight excluding hydrogens is 450 g/mol. The summed E-state index contributed by atoms with van der Waals surface area (Å²) in [7, 11) is -3.74. The molecule has 2 aromatic carbocycles. The molecule has 5 rings (SSSR count). The maximum absolute atomic E-state index is 13.5. The van der Waals surface area contributed by atoms with Gasteiger partial charge in [-0.05, 0) is 87.4 Å². The SMILES string of the molecule is Cc1cccc(NC(=O)[C@@H]2CCCN(S(=O)(=O)c3ccc4c(c3)C[C@H](C)N4C(=O)C3CC3)C2)c1. The number of benzene rings is 2. The summed E-state index contributed by atoms with van der Waals surface area (Å²) in [6, 6.07) is 12.7. The molecule has 2 heterocycles. The van der Waals surface area contributed by atoms with E-state index in [0.717, 1.165) is 35.3 Å². The summed E-state index contributed by atoms with van der Waals surface area (Å²) in [5, 5.41) is 2.93. The van der Waals surface area contributed by atoms with Crippen LogP contribution in [-0.4, -0.2) is 43.7 Å². The summed E-state index contributed by atoms with van der Waals surface area (Å²) in [5.41, 5.74) is 3.50. The minimum atomic E-state index is -3.74. The van der Waals surface area contributed by atoms with Crippen molar-refractivity contribution in [3.63, 3.8) is 0 Å². The lowest BCUT2D eigenvalue weighted by Gasteiger charge is -2.31. The van der Waals surface area contributed by atoms with E-state index in [2.05, 4.69) is 5.32 Å². The summed E-state index contributed by atoms with van der Waals surface area (Å²) in [5.74, 6) is -0.277. The third-order valence-electron chi connectivity index (χ3n) is 7.11. The van der Waals surface area contributed by atoms with Crippen LogP contribution in [0.1, 0.15) is 43.7 Å². The Morgan fingerprint density at radius 1 is 1.03 bits per heavy atom. The van der Waals surface area contributed by atoms with Crippen LogP contribution in [0.5, 0.6) is 0 Å². The number of hydrogen-bond acceptors (Lipinski definition) is 4. The van der Waals surface area contributed by atoms with Crippen LogP contribution in [0.25, 0.3) is 0 Å². The van der Waals surface area contributed by atoms with E-state index in [1.165, 1.54) is 4.31 Å². The van der Waals surface area contributed by atoms with Gasteiger partial charge in [0.25, 0.3) is 0 Å². The molecule has 1 N–H and O–H groups in total. The summed E-state index contributed by atoms with van der Waals surface area (Å²) in [4.78, 5) is 27.7. The molecule has 3 aliphatic rings. The Hall–Kier alpha value is -2.71. The van der Waals surface area contributed by atoms with Gasteiger partial charge in [0.05, 0.1) is 10.8 Å². The molecule has 1 saturated carbocycles. The monoisotopic (exact) mass is 481 g/mol. The quantitative estimate of drug-likeness (QED) is 0.705. The molecule has 2 atom stereocenters. The molecule has 1 aliphatic carbocycles. The van der Waals surface area contributed by atoms with E-state index >= 15 is 0 Å². The average molecular weight is 482 g/mol. The maximum Gasteiger partial charge on any atom is 0.243 e. The lowest BCUT2D eigenvalue weighted by atomic mass is 9.98. The average Bonchev–Trinajstić information content (AvgIpc) is 3.60. The molecule has 0 radical (unpaired) electrons. The molecule has 180 valence electrons. The predicted molar refractivity (Wildman–Crippen MR) is 131 cm³/mol. The van der Waals surface area contributed by atoms with Crippen LogP contribution < -0.4 is 10.2 Å². The molecule has 2 fully saturated rings. The van der Waals surface area contributed by atoms with E-state index in [4.69, 9.17) is 0 Å². The van der Waals surface area contributed by atoms with Crippen molar-refractivity contribution >= 4 is 33.2 Å². The Morgan fingerprint density at radius 3 is 2.56 bits per heavy atom. The second-order valence-corrected chi connectivity index (χ2v) is 11.8. The van der Waals surface area contributed by atoms with Gasteiger partial charge in [0.15, 0.2) is 0 Å². The summed E-state index contributed by atoms with van der Waals surface area (Å²) >= 11 is 0. The fraction of sp³-hybridized carbons (Fsp3) is 0.462. The molecule has 0 aromatic heterocycles. The standard InChI is InChI=1S/C26H31N3O4S/c1-17-5-3-7-22(13-17)27-25(30)20-6-4-12-28(16-20)34(32,33)23-10-11-24-21(15-23)14-18(2)29(24)26(31)19-8-9-19/h3,5,7,10-11,13,15,18-20H,4,6,8-9,12,14,16H2,1-2H3,(H,27,30)/t18-,20+/m0/s1. The van der Waals surface area contributed by atoms with Crippen LogP contribution in [-0.2, 0) is 26.0 Å². The largest absolute Gasteiger partial charge is 0.326 e. The molecule has 2 aromatic rings. The van der Waals surface area contributed by atoms with E-state index in [0.29, 0.717) is 25.8 Å². The number of carbonyl (C=O) groups is 2. The Kier molecular flexibility index (Phi) is 5.98. The van der Waals surface area contributed by atoms with Crippen molar-refractivity contribution in [3.8, 4) is 0 Å². The number of carbonyl (C=O) groups excluding carboxylic acids is 2. The zero-order chi connectivity index (χ0) is 24.0. The molecule has 0 bridgehead atoms. The van der Waals surface area contributed by atoms with Gasteiger partial charge in [0, 0.05) is 36.4 Å². The fourth-order valence-electron chi connectivity index (χ4n) is 5.12. The van der Waals surface area contributed by atoms with Gasteiger partial charge in [0.2, 0.25) is 21.8 Å². The number of nitrogens with zero attached hydrogens (tertiary/aromatic N) is 2. The van der Waals surface area contributed by atoms with Gasteiger partial charge in [-0.15, -0.1) is 0 Å². The zero-order valence-corrected chi connectivity index (χ0v) is 20.5. The number of aryl methyl sites for hydroxylation is 1. The molecule has 1 saturated heterocycles. The Morgan fingerprint density at radius 2 is 1.82 bits per heavy atom. The van der Waals surface area contributed by atoms with E-state index in [9.17, 15) is 18.0 Å². The van der Waals surface area contributed by atoms with Crippen LogP contribution in [0, 0.1) is 18.8 Å². The summed E-state index contributed by atoms with van der Waals surface area (Å²) in [6.07, 6.45) is 3.83. The lowest BCUT2D eigenvalue weighted by Crippen LogP contribution is -2.43. The molecule has 0 spiro atoms. The Balaban J connectivity index is 1.32. The number of nitrogens with one attached hydrogen (secondary N) is 1. The smallest absolute Gasteiger partial charge is 0.243 e. The first-order chi connectivity index (χ1) is 16.2. The van der Waals surface area contributed by atoms with Crippen molar-refractivity contribution in [1.82, 2.24) is 4.31 Å². The maximum atomic E-state index is 13.5. The van der Waals surface area contributed by atoms with Crippen molar-refractivity contribution in [1.29, 1.82) is 0 Å². The van der Waals surface area contributed by atoms with E-state index < -0.39 is 15.9 Å². The van der Waals surface area contributed by atoms with Crippen molar-refractivity contribution in [2.24, 2.45) is 11.8 Å². The van der Waals surface area contributed by atoms with E-state index in [1.807, 2.05) is 43.0 Å². The van der Waals surface area contributed by atoms with Crippen LogP contribution >= 0.6 is 0 Å². The van der Waals surface area contributed by atoms with Crippen LogP contribution in [0.3, 0.4) is 0 Å². The zero-order valence-electron chi connectivity index (χ0n) is 19.7. The highest BCUT2D eigenvalue weighted by Gasteiger charge is 2.40. The van der Waals surface area contributed by atoms with Crippen molar-refractivity contribution in [2.45, 2.75) is 56.9 Å². The highest BCUT2D eigenvalue weighted by atomic mass is 32.2. The van der Waals surface area contributed by atoms with Crippen LogP contribution in [0.15, 0.2) is 47.4 Å². The molecule has 2 aliphatic heterocycles. The van der Waals surface area contributed by atoms with Gasteiger partial charge in [-0.3, -0.25) is 9.59 Å². The molecule has 8 heteroatoms. The van der Waals surface area contributed by atoms with E-state index in [1.54, 1.807) is 18.2 Å². The summed E-state index contributed by atoms with van der Waals surface area (Å²) < 4.78 is 28.4. The number of amides is 2. The predicted octanol–water partition coefficient (Wildman–Crippen LogP) is 3.72. The normalized spacial score (nSPS) is 22.9. The first kappa shape index (κ1) is 23.1. The topological polar surface area (TPSA) is 86.8 Å². The van der Waals surface area contributed by atoms with E-state index in [-0.39, 0.29) is 35.2 Å². The van der Waals surface area contributed by atoms with Crippen LogP contribution in [0.2, 0.25) is 0 Å². The minimum Gasteiger partial charge on any atom is -0.326 e. The highest BCUT2D eigenvalue weighted by Crippen LogP contribution is 2.40. The number of anilines is 2. The second-order valence-electron chi connectivity index (χ2n) is 9.89. The Labute approximate surface area is 201 Å².